The first-order valence-corrected chi connectivity index (χ1v) is 12.1. The van der Waals surface area contributed by atoms with E-state index < -0.39 is 10.0 Å². The zero-order valence-electron chi connectivity index (χ0n) is 15.4. The third-order valence-electron chi connectivity index (χ3n) is 5.14. The van der Waals surface area contributed by atoms with E-state index in [0.29, 0.717) is 36.7 Å². The predicted octanol–water partition coefficient (Wildman–Crippen LogP) is 4.00. The number of hydrogen-bond donors (Lipinski definition) is 1. The van der Waals surface area contributed by atoms with Gasteiger partial charge < -0.3 is 5.32 Å². The van der Waals surface area contributed by atoms with E-state index in [1.807, 2.05) is 6.92 Å². The van der Waals surface area contributed by atoms with Crippen molar-refractivity contribution in [2.24, 2.45) is 11.8 Å². The van der Waals surface area contributed by atoms with Crippen molar-refractivity contribution in [2.45, 2.75) is 30.5 Å². The molecular formula is C19H22BrFN2O3S2. The third kappa shape index (κ3) is 5.00. The Bertz CT molecular complexity index is 923. The van der Waals surface area contributed by atoms with E-state index >= 15 is 0 Å². The van der Waals surface area contributed by atoms with E-state index in [4.69, 9.17) is 0 Å². The maximum atomic E-state index is 12.9. The molecule has 1 aliphatic heterocycles. The summed E-state index contributed by atoms with van der Waals surface area (Å²) in [6.45, 7) is 3.06. The molecule has 0 bridgehead atoms. The molecule has 1 aromatic heterocycles. The van der Waals surface area contributed by atoms with Crippen LogP contribution >= 0.6 is 27.3 Å². The lowest BCUT2D eigenvalue weighted by molar-refractivity contribution is -0.126. The summed E-state index contributed by atoms with van der Waals surface area (Å²) < 4.78 is 41.0. The zero-order valence-corrected chi connectivity index (χ0v) is 18.6. The normalized spacial score (nSPS) is 17.4. The molecule has 0 saturated carbocycles. The van der Waals surface area contributed by atoms with Crippen LogP contribution in [-0.2, 0) is 21.4 Å². The highest BCUT2D eigenvalue weighted by Crippen LogP contribution is 2.32. The summed E-state index contributed by atoms with van der Waals surface area (Å²) in [6, 6.07) is 9.37. The SMILES string of the molecule is CC(C(=O)NCc1ccc(F)cc1)C1CCN(S(=O)(=O)c2ccc(Br)s2)CC1. The molecule has 3 rings (SSSR count). The molecule has 1 aliphatic rings. The first kappa shape index (κ1) is 21.4. The Morgan fingerprint density at radius 2 is 1.89 bits per heavy atom. The average molecular weight is 489 g/mol. The van der Waals surface area contributed by atoms with Gasteiger partial charge >= 0.3 is 0 Å². The Kier molecular flexibility index (Phi) is 6.90. The molecule has 1 N–H and O–H groups in total. The molecule has 1 atom stereocenters. The number of nitrogens with zero attached hydrogens (tertiary/aromatic N) is 1. The molecule has 0 aliphatic carbocycles. The van der Waals surface area contributed by atoms with Crippen molar-refractivity contribution in [2.75, 3.05) is 13.1 Å². The fourth-order valence-electron chi connectivity index (χ4n) is 3.35. The van der Waals surface area contributed by atoms with Gasteiger partial charge in [-0.05, 0) is 64.5 Å². The molecule has 1 amide bonds. The number of nitrogens with one attached hydrogen (secondary N) is 1. The highest BCUT2D eigenvalue weighted by molar-refractivity contribution is 9.11. The van der Waals surface area contributed by atoms with Gasteiger partial charge in [-0.2, -0.15) is 4.31 Å². The van der Waals surface area contributed by atoms with Crippen molar-refractivity contribution in [3.63, 3.8) is 0 Å². The van der Waals surface area contributed by atoms with Gasteiger partial charge in [-0.3, -0.25) is 4.79 Å². The number of amides is 1. The minimum Gasteiger partial charge on any atom is -0.352 e. The van der Waals surface area contributed by atoms with Crippen LogP contribution in [0.15, 0.2) is 44.4 Å². The number of rotatable bonds is 6. The highest BCUT2D eigenvalue weighted by atomic mass is 79.9. The topological polar surface area (TPSA) is 66.5 Å². The smallest absolute Gasteiger partial charge is 0.252 e. The molecule has 1 aromatic carbocycles. The van der Waals surface area contributed by atoms with E-state index in [1.54, 1.807) is 24.3 Å². The minimum atomic E-state index is -3.47. The van der Waals surface area contributed by atoms with Gasteiger partial charge in [-0.1, -0.05) is 19.1 Å². The van der Waals surface area contributed by atoms with Gasteiger partial charge in [0, 0.05) is 25.6 Å². The van der Waals surface area contributed by atoms with Crippen LogP contribution in [-0.4, -0.2) is 31.7 Å². The van der Waals surface area contributed by atoms with Gasteiger partial charge in [0.25, 0.3) is 10.0 Å². The first-order valence-electron chi connectivity index (χ1n) is 9.05. The quantitative estimate of drug-likeness (QED) is 0.667. The molecule has 1 fully saturated rings. The maximum Gasteiger partial charge on any atom is 0.252 e. The minimum absolute atomic E-state index is 0.0622. The van der Waals surface area contributed by atoms with Crippen molar-refractivity contribution in [3.05, 3.63) is 51.6 Å². The molecule has 2 aromatic rings. The predicted molar refractivity (Wildman–Crippen MR) is 111 cm³/mol. The van der Waals surface area contributed by atoms with E-state index in [9.17, 15) is 17.6 Å². The second-order valence-corrected chi connectivity index (χ2v) is 11.6. The second kappa shape index (κ2) is 9.02. The number of benzene rings is 1. The molecule has 0 radical (unpaired) electrons. The Balaban J connectivity index is 1.52. The molecule has 1 unspecified atom stereocenters. The average Bonchev–Trinajstić information content (AvgIpc) is 3.14. The van der Waals surface area contributed by atoms with Crippen LogP contribution in [0.1, 0.15) is 25.3 Å². The molecule has 0 spiro atoms. The van der Waals surface area contributed by atoms with Gasteiger partial charge in [0.05, 0.1) is 3.79 Å². The van der Waals surface area contributed by atoms with Crippen molar-refractivity contribution in [1.29, 1.82) is 0 Å². The summed E-state index contributed by atoms with van der Waals surface area (Å²) in [7, 11) is -3.47. The van der Waals surface area contributed by atoms with Crippen molar-refractivity contribution in [1.82, 2.24) is 9.62 Å². The van der Waals surface area contributed by atoms with Crippen LogP contribution in [0.3, 0.4) is 0 Å². The molecule has 9 heteroatoms. The molecule has 2 heterocycles. The van der Waals surface area contributed by atoms with Crippen LogP contribution in [0.5, 0.6) is 0 Å². The van der Waals surface area contributed by atoms with Crippen molar-refractivity contribution < 1.29 is 17.6 Å². The fourth-order valence-corrected chi connectivity index (χ4v) is 6.98. The number of hydrogen-bond acceptors (Lipinski definition) is 4. The lowest BCUT2D eigenvalue weighted by atomic mass is 9.85. The third-order valence-corrected chi connectivity index (χ3v) is 9.13. The van der Waals surface area contributed by atoms with Crippen LogP contribution in [0.2, 0.25) is 0 Å². The lowest BCUT2D eigenvalue weighted by Crippen LogP contribution is -2.42. The summed E-state index contributed by atoms with van der Waals surface area (Å²) in [4.78, 5) is 12.5. The van der Waals surface area contributed by atoms with Crippen molar-refractivity contribution in [3.8, 4) is 0 Å². The second-order valence-electron chi connectivity index (χ2n) is 6.93. The number of sulfonamides is 1. The molecule has 1 saturated heterocycles. The van der Waals surface area contributed by atoms with Crippen LogP contribution < -0.4 is 5.32 Å². The Morgan fingerprint density at radius 1 is 1.25 bits per heavy atom. The van der Waals surface area contributed by atoms with E-state index in [2.05, 4.69) is 21.2 Å². The van der Waals surface area contributed by atoms with Gasteiger partial charge in [0.2, 0.25) is 5.91 Å². The maximum absolute atomic E-state index is 12.9. The standard InChI is InChI=1S/C19H22BrFN2O3S2/c1-13(19(24)22-12-14-2-4-16(21)5-3-14)15-8-10-23(11-9-15)28(25,26)18-7-6-17(20)27-18/h2-7,13,15H,8-12H2,1H3,(H,22,24). The number of piperidine rings is 1. The fraction of sp³-hybridized carbons (Fsp3) is 0.421. The molecule has 28 heavy (non-hydrogen) atoms. The van der Waals surface area contributed by atoms with Crippen molar-refractivity contribution >= 4 is 43.2 Å². The monoisotopic (exact) mass is 488 g/mol. The first-order chi connectivity index (χ1) is 13.3. The zero-order chi connectivity index (χ0) is 20.3. The summed E-state index contributed by atoms with van der Waals surface area (Å²) >= 11 is 4.51. The molecular weight excluding hydrogens is 467 g/mol. The van der Waals surface area contributed by atoms with E-state index in [1.165, 1.54) is 27.8 Å². The van der Waals surface area contributed by atoms with Gasteiger partial charge in [-0.15, -0.1) is 11.3 Å². The Labute approximate surface area is 177 Å². The number of carbonyl (C=O) groups is 1. The molecule has 152 valence electrons. The summed E-state index contributed by atoms with van der Waals surface area (Å²) in [6.07, 6.45) is 1.30. The van der Waals surface area contributed by atoms with E-state index in [-0.39, 0.29) is 23.6 Å². The van der Waals surface area contributed by atoms with Crippen LogP contribution in [0.4, 0.5) is 4.39 Å². The number of halogens is 2. The summed E-state index contributed by atoms with van der Waals surface area (Å²) in [5.74, 6) is -0.441. The summed E-state index contributed by atoms with van der Waals surface area (Å²) in [5.41, 5.74) is 0.838. The van der Waals surface area contributed by atoms with Gasteiger partial charge in [-0.25, -0.2) is 12.8 Å². The highest BCUT2D eigenvalue weighted by Gasteiger charge is 2.34. The Morgan fingerprint density at radius 3 is 2.46 bits per heavy atom. The van der Waals surface area contributed by atoms with Crippen LogP contribution in [0, 0.1) is 17.7 Å². The molecule has 5 nitrogen and oxygen atoms in total. The largest absolute Gasteiger partial charge is 0.352 e. The number of thiophene rings is 1. The van der Waals surface area contributed by atoms with Gasteiger partial charge in [0.15, 0.2) is 0 Å². The van der Waals surface area contributed by atoms with Gasteiger partial charge in [0.1, 0.15) is 10.0 Å². The van der Waals surface area contributed by atoms with E-state index in [0.717, 1.165) is 9.35 Å². The summed E-state index contributed by atoms with van der Waals surface area (Å²) in [5, 5.41) is 2.89. The Hall–Kier alpha value is -1.29. The lowest BCUT2D eigenvalue weighted by Gasteiger charge is -2.33. The van der Waals surface area contributed by atoms with Crippen LogP contribution in [0.25, 0.3) is 0 Å². The number of carbonyl (C=O) groups excluding carboxylic acids is 1.